The smallest absolute Gasteiger partial charge is 0.226 e. The molecule has 1 unspecified atom stereocenters. The fraction of sp³-hybridized carbons (Fsp3) is 0.875. The molecule has 1 aromatic heterocycles. The van der Waals surface area contributed by atoms with E-state index >= 15 is 0 Å². The fourth-order valence-corrected chi connectivity index (χ4v) is 2.96. The Kier molecular flexibility index (Phi) is 5.76. The van der Waals surface area contributed by atoms with Crippen molar-refractivity contribution in [1.29, 1.82) is 0 Å². The first-order valence-corrected chi connectivity index (χ1v) is 8.24. The molecule has 0 saturated heterocycles. The van der Waals surface area contributed by atoms with Crippen LogP contribution in [0.15, 0.2) is 4.52 Å². The molecule has 0 spiro atoms. The Morgan fingerprint density at radius 2 is 2.14 bits per heavy atom. The number of hydrogen-bond acceptors (Lipinski definition) is 5. The van der Waals surface area contributed by atoms with Gasteiger partial charge in [-0.15, -0.1) is 0 Å². The lowest BCUT2D eigenvalue weighted by Gasteiger charge is -2.36. The van der Waals surface area contributed by atoms with E-state index in [2.05, 4.69) is 29.3 Å². The Morgan fingerprint density at radius 1 is 1.43 bits per heavy atom. The van der Waals surface area contributed by atoms with Gasteiger partial charge >= 0.3 is 0 Å². The molecular formula is C16H29N3O2. The molecular weight excluding hydrogens is 266 g/mol. The maximum atomic E-state index is 6.07. The Hall–Kier alpha value is -0.940. The SMILES string of the molecule is CCOC1(c2noc(CCC(C)NC)n2)CCC(C)CC1. The van der Waals surface area contributed by atoms with Gasteiger partial charge in [-0.05, 0) is 58.9 Å². The van der Waals surface area contributed by atoms with Crippen molar-refractivity contribution in [2.24, 2.45) is 5.92 Å². The minimum atomic E-state index is -0.322. The van der Waals surface area contributed by atoms with Gasteiger partial charge in [0, 0.05) is 19.1 Å². The van der Waals surface area contributed by atoms with E-state index < -0.39 is 0 Å². The summed E-state index contributed by atoms with van der Waals surface area (Å²) in [5, 5.41) is 7.45. The summed E-state index contributed by atoms with van der Waals surface area (Å²) in [5.41, 5.74) is -0.322. The third kappa shape index (κ3) is 4.04. The molecule has 1 aliphatic rings. The molecule has 1 N–H and O–H groups in total. The van der Waals surface area contributed by atoms with Crippen molar-refractivity contribution in [3.8, 4) is 0 Å². The lowest BCUT2D eigenvalue weighted by atomic mass is 9.79. The quantitative estimate of drug-likeness (QED) is 0.837. The Labute approximate surface area is 127 Å². The minimum Gasteiger partial charge on any atom is -0.367 e. The van der Waals surface area contributed by atoms with Crippen LogP contribution in [-0.4, -0.2) is 29.8 Å². The summed E-state index contributed by atoms with van der Waals surface area (Å²) in [4.78, 5) is 4.63. The highest BCUT2D eigenvalue weighted by Gasteiger charge is 2.40. The van der Waals surface area contributed by atoms with Crippen LogP contribution in [0.3, 0.4) is 0 Å². The standard InChI is InChI=1S/C16H29N3O2/c1-5-20-16(10-8-12(2)9-11-16)15-18-14(21-19-15)7-6-13(3)17-4/h12-13,17H,5-11H2,1-4H3. The van der Waals surface area contributed by atoms with Gasteiger partial charge in [0.2, 0.25) is 11.7 Å². The normalized spacial score (nSPS) is 27.7. The molecule has 0 radical (unpaired) electrons. The van der Waals surface area contributed by atoms with Crippen LogP contribution in [-0.2, 0) is 16.8 Å². The van der Waals surface area contributed by atoms with Crippen molar-refractivity contribution >= 4 is 0 Å². The third-order valence-electron chi connectivity index (χ3n) is 4.66. The summed E-state index contributed by atoms with van der Waals surface area (Å²) in [5.74, 6) is 2.24. The first-order chi connectivity index (χ1) is 10.1. The van der Waals surface area contributed by atoms with Gasteiger partial charge in [0.15, 0.2) is 0 Å². The van der Waals surface area contributed by atoms with E-state index in [1.54, 1.807) is 0 Å². The summed E-state index contributed by atoms with van der Waals surface area (Å²) in [7, 11) is 1.97. The summed E-state index contributed by atoms with van der Waals surface area (Å²) in [6.07, 6.45) is 6.13. The molecule has 1 fully saturated rings. The van der Waals surface area contributed by atoms with Crippen molar-refractivity contribution in [2.75, 3.05) is 13.7 Å². The van der Waals surface area contributed by atoms with Gasteiger partial charge in [-0.3, -0.25) is 0 Å². The number of rotatable bonds is 7. The van der Waals surface area contributed by atoms with Gasteiger partial charge in [-0.25, -0.2) is 0 Å². The van der Waals surface area contributed by atoms with E-state index in [-0.39, 0.29) is 5.60 Å². The summed E-state index contributed by atoms with van der Waals surface area (Å²) >= 11 is 0. The monoisotopic (exact) mass is 295 g/mol. The second-order valence-electron chi connectivity index (χ2n) is 6.35. The molecule has 5 heteroatoms. The van der Waals surface area contributed by atoms with Crippen LogP contribution in [0.25, 0.3) is 0 Å². The summed E-state index contributed by atoms with van der Waals surface area (Å²) in [6.45, 7) is 7.18. The van der Waals surface area contributed by atoms with E-state index in [1.165, 1.54) is 12.8 Å². The molecule has 5 nitrogen and oxygen atoms in total. The van der Waals surface area contributed by atoms with Crippen LogP contribution < -0.4 is 5.32 Å². The van der Waals surface area contributed by atoms with Crippen LogP contribution in [0.5, 0.6) is 0 Å². The van der Waals surface area contributed by atoms with Gasteiger partial charge in [0.25, 0.3) is 0 Å². The van der Waals surface area contributed by atoms with Crippen LogP contribution in [0.4, 0.5) is 0 Å². The number of nitrogens with zero attached hydrogens (tertiary/aromatic N) is 2. The molecule has 1 heterocycles. The predicted octanol–water partition coefficient (Wildman–Crippen LogP) is 3.05. The first-order valence-electron chi connectivity index (χ1n) is 8.24. The summed E-state index contributed by atoms with van der Waals surface area (Å²) in [6, 6.07) is 0.455. The third-order valence-corrected chi connectivity index (χ3v) is 4.66. The highest BCUT2D eigenvalue weighted by molar-refractivity contribution is 5.04. The molecule has 1 atom stereocenters. The number of aryl methyl sites for hydroxylation is 1. The van der Waals surface area contributed by atoms with Crippen molar-refractivity contribution < 1.29 is 9.26 Å². The Bertz CT molecular complexity index is 425. The van der Waals surface area contributed by atoms with Gasteiger partial charge in [-0.2, -0.15) is 4.98 Å². The Morgan fingerprint density at radius 3 is 2.76 bits per heavy atom. The van der Waals surface area contributed by atoms with Crippen LogP contribution >= 0.6 is 0 Å². The van der Waals surface area contributed by atoms with Crippen LogP contribution in [0.1, 0.15) is 64.6 Å². The maximum Gasteiger partial charge on any atom is 0.226 e. The zero-order valence-corrected chi connectivity index (χ0v) is 13.8. The molecule has 21 heavy (non-hydrogen) atoms. The van der Waals surface area contributed by atoms with Gasteiger partial charge in [0.05, 0.1) is 0 Å². The molecule has 1 aromatic rings. The average molecular weight is 295 g/mol. The molecule has 2 rings (SSSR count). The lowest BCUT2D eigenvalue weighted by Crippen LogP contribution is -2.35. The second-order valence-corrected chi connectivity index (χ2v) is 6.35. The average Bonchev–Trinajstić information content (AvgIpc) is 2.97. The van der Waals surface area contributed by atoms with E-state index in [0.717, 1.165) is 43.3 Å². The van der Waals surface area contributed by atoms with Crippen molar-refractivity contribution in [1.82, 2.24) is 15.5 Å². The number of hydrogen-bond donors (Lipinski definition) is 1. The van der Waals surface area contributed by atoms with Crippen molar-refractivity contribution in [3.05, 3.63) is 11.7 Å². The zero-order valence-electron chi connectivity index (χ0n) is 13.8. The fourth-order valence-electron chi connectivity index (χ4n) is 2.96. The highest BCUT2D eigenvalue weighted by atomic mass is 16.5. The molecule has 0 aliphatic heterocycles. The zero-order chi connectivity index (χ0) is 15.3. The highest BCUT2D eigenvalue weighted by Crippen LogP contribution is 2.41. The second kappa shape index (κ2) is 7.36. The van der Waals surface area contributed by atoms with Gasteiger partial charge in [-0.1, -0.05) is 12.1 Å². The van der Waals surface area contributed by atoms with E-state index in [1.807, 2.05) is 14.0 Å². The molecule has 1 aliphatic carbocycles. The largest absolute Gasteiger partial charge is 0.367 e. The molecule has 0 bridgehead atoms. The van der Waals surface area contributed by atoms with E-state index in [4.69, 9.17) is 9.26 Å². The first kappa shape index (κ1) is 16.4. The Balaban J connectivity index is 2.05. The number of ether oxygens (including phenoxy) is 1. The lowest BCUT2D eigenvalue weighted by molar-refractivity contribution is -0.0847. The molecule has 0 amide bonds. The molecule has 0 aromatic carbocycles. The minimum absolute atomic E-state index is 0.322. The van der Waals surface area contributed by atoms with Gasteiger partial charge in [0.1, 0.15) is 5.60 Å². The van der Waals surface area contributed by atoms with E-state index in [0.29, 0.717) is 12.6 Å². The topological polar surface area (TPSA) is 60.2 Å². The number of nitrogens with one attached hydrogen (secondary N) is 1. The van der Waals surface area contributed by atoms with Crippen molar-refractivity contribution in [2.45, 2.75) is 70.9 Å². The molecule has 1 saturated carbocycles. The number of aromatic nitrogens is 2. The van der Waals surface area contributed by atoms with E-state index in [9.17, 15) is 0 Å². The summed E-state index contributed by atoms with van der Waals surface area (Å²) < 4.78 is 11.5. The van der Waals surface area contributed by atoms with Crippen molar-refractivity contribution in [3.63, 3.8) is 0 Å². The van der Waals surface area contributed by atoms with Crippen LogP contribution in [0.2, 0.25) is 0 Å². The maximum absolute atomic E-state index is 6.07. The predicted molar refractivity (Wildman–Crippen MR) is 82.1 cm³/mol. The van der Waals surface area contributed by atoms with Crippen LogP contribution in [0, 0.1) is 5.92 Å². The van der Waals surface area contributed by atoms with Gasteiger partial charge < -0.3 is 14.6 Å². The molecule has 120 valence electrons.